The maximum absolute atomic E-state index is 13.6. The van der Waals surface area contributed by atoms with Crippen LogP contribution in [0.5, 0.6) is 0 Å². The molecule has 1 atom stereocenters. The maximum Gasteiger partial charge on any atom is 0.470 e. The van der Waals surface area contributed by atoms with E-state index < -0.39 is 18.0 Å². The minimum absolute atomic E-state index is 0.0648. The van der Waals surface area contributed by atoms with E-state index in [-0.39, 0.29) is 11.9 Å². The zero-order chi connectivity index (χ0) is 25.5. The van der Waals surface area contributed by atoms with Gasteiger partial charge in [-0.2, -0.15) is 13.2 Å². The summed E-state index contributed by atoms with van der Waals surface area (Å²) in [5.41, 5.74) is 1.78. The minimum Gasteiger partial charge on any atom is -0.417 e. The third-order valence-corrected chi connectivity index (χ3v) is 6.32. The topological polar surface area (TPSA) is 74.9 Å². The fraction of sp³-hybridized carbons (Fsp3) is 0.480. The molecule has 0 bridgehead atoms. The third-order valence-electron chi connectivity index (χ3n) is 6.32. The van der Waals surface area contributed by atoms with Crippen LogP contribution in [-0.2, 0) is 10.9 Å². The van der Waals surface area contributed by atoms with E-state index in [1.54, 1.807) is 18.1 Å². The highest BCUT2D eigenvalue weighted by Gasteiger charge is 2.38. The lowest BCUT2D eigenvalue weighted by atomic mass is 10.1. The van der Waals surface area contributed by atoms with Crippen LogP contribution in [0.3, 0.4) is 0 Å². The standard InChI is InChI=1S/C25H30F3N5O3/c1-35-17-16-31-12-14-32(15-13-31)24(34)33(21-8-3-2-4-9-21)18-19-6-5-7-20(11-10-19)22-29-30-23(36-22)25(26,27)28/h2-5,7-10,20H,6,11-18H2,1H3. The van der Waals surface area contributed by atoms with Crippen molar-refractivity contribution < 1.29 is 27.1 Å². The Morgan fingerprint density at radius 3 is 2.58 bits per heavy atom. The molecule has 194 valence electrons. The predicted octanol–water partition coefficient (Wildman–Crippen LogP) is 4.34. The van der Waals surface area contributed by atoms with Crippen molar-refractivity contribution in [2.45, 2.75) is 24.9 Å². The van der Waals surface area contributed by atoms with Crippen LogP contribution in [-0.4, -0.2) is 79.0 Å². The Bertz CT molecular complexity index is 1060. The summed E-state index contributed by atoms with van der Waals surface area (Å²) in [6.07, 6.45) is 1.91. The summed E-state index contributed by atoms with van der Waals surface area (Å²) < 4.78 is 48.6. The molecule has 0 radical (unpaired) electrons. The summed E-state index contributed by atoms with van der Waals surface area (Å²) in [5.74, 6) is -1.87. The van der Waals surface area contributed by atoms with Crippen LogP contribution in [0.2, 0.25) is 0 Å². The second-order valence-electron chi connectivity index (χ2n) is 8.81. The molecule has 0 N–H and O–H groups in total. The number of para-hydroxylation sites is 1. The molecule has 1 unspecified atom stereocenters. The van der Waals surface area contributed by atoms with Gasteiger partial charge in [0.1, 0.15) is 0 Å². The second kappa shape index (κ2) is 11.7. The first-order chi connectivity index (χ1) is 17.3. The average Bonchev–Trinajstić information content (AvgIpc) is 3.28. The van der Waals surface area contributed by atoms with E-state index in [1.807, 2.05) is 47.4 Å². The van der Waals surface area contributed by atoms with Gasteiger partial charge in [-0.25, -0.2) is 4.79 Å². The zero-order valence-electron chi connectivity index (χ0n) is 20.2. The molecule has 11 heteroatoms. The summed E-state index contributed by atoms with van der Waals surface area (Å²) in [7, 11) is 1.68. The van der Waals surface area contributed by atoms with E-state index in [2.05, 4.69) is 15.1 Å². The van der Waals surface area contributed by atoms with Crippen molar-refractivity contribution in [3.8, 4) is 0 Å². The molecular formula is C25H30F3N5O3. The zero-order valence-corrected chi connectivity index (χ0v) is 20.2. The Morgan fingerprint density at radius 1 is 1.17 bits per heavy atom. The van der Waals surface area contributed by atoms with Crippen molar-refractivity contribution in [1.82, 2.24) is 20.0 Å². The first-order valence-electron chi connectivity index (χ1n) is 11.9. The highest BCUT2D eigenvalue weighted by Crippen LogP contribution is 2.32. The van der Waals surface area contributed by atoms with Gasteiger partial charge in [-0.15, -0.1) is 10.2 Å². The summed E-state index contributed by atoms with van der Waals surface area (Å²) in [5, 5.41) is 6.73. The first-order valence-corrected chi connectivity index (χ1v) is 11.9. The lowest BCUT2D eigenvalue weighted by molar-refractivity contribution is -0.157. The Morgan fingerprint density at radius 2 is 1.92 bits per heavy atom. The fourth-order valence-corrected chi connectivity index (χ4v) is 4.28. The molecule has 1 aromatic carbocycles. The summed E-state index contributed by atoms with van der Waals surface area (Å²) >= 11 is 0. The first kappa shape index (κ1) is 25.9. The number of rotatable bonds is 7. The molecule has 0 spiro atoms. The smallest absolute Gasteiger partial charge is 0.417 e. The molecule has 1 aromatic heterocycles. The van der Waals surface area contributed by atoms with Gasteiger partial charge in [-0.1, -0.05) is 42.0 Å². The Labute approximate surface area is 208 Å². The van der Waals surface area contributed by atoms with Gasteiger partial charge in [0.15, 0.2) is 0 Å². The summed E-state index contributed by atoms with van der Waals surface area (Å²) in [4.78, 5) is 19.5. The summed E-state index contributed by atoms with van der Waals surface area (Å²) in [6.45, 7) is 4.71. The number of aromatic nitrogens is 2. The number of urea groups is 1. The van der Waals surface area contributed by atoms with Crippen LogP contribution in [0.4, 0.5) is 23.7 Å². The molecule has 0 saturated carbocycles. The number of piperazine rings is 1. The van der Waals surface area contributed by atoms with E-state index in [1.165, 1.54) is 0 Å². The van der Waals surface area contributed by atoms with Gasteiger partial charge in [0.25, 0.3) is 0 Å². The van der Waals surface area contributed by atoms with Gasteiger partial charge in [-0.3, -0.25) is 9.80 Å². The molecular weight excluding hydrogens is 475 g/mol. The van der Waals surface area contributed by atoms with Gasteiger partial charge >= 0.3 is 18.1 Å². The number of hydrogen-bond acceptors (Lipinski definition) is 6. The van der Waals surface area contributed by atoms with E-state index in [4.69, 9.17) is 9.15 Å². The number of nitrogens with zero attached hydrogens (tertiary/aromatic N) is 5. The fourth-order valence-electron chi connectivity index (χ4n) is 4.28. The minimum atomic E-state index is -4.67. The molecule has 1 aliphatic carbocycles. The Balaban J connectivity index is 1.45. The van der Waals surface area contributed by atoms with E-state index in [9.17, 15) is 18.0 Å². The molecule has 1 aliphatic heterocycles. The van der Waals surface area contributed by atoms with Crippen LogP contribution in [0.25, 0.3) is 0 Å². The van der Waals surface area contributed by atoms with Crippen LogP contribution in [0.15, 0.2) is 58.6 Å². The number of benzene rings is 1. The quantitative estimate of drug-likeness (QED) is 0.522. The second-order valence-corrected chi connectivity index (χ2v) is 8.81. The number of anilines is 1. The number of hydrogen-bond donors (Lipinski definition) is 0. The van der Waals surface area contributed by atoms with Gasteiger partial charge in [0, 0.05) is 52.1 Å². The van der Waals surface area contributed by atoms with Crippen LogP contribution in [0, 0.1) is 0 Å². The SMILES string of the molecule is COCCN1CCN(C(=O)N(CC2=CCC(c3nnc(C(F)(F)F)o3)C=CC2)c2ccccc2)CC1. The van der Waals surface area contributed by atoms with Crippen molar-refractivity contribution in [2.75, 3.05) is 57.9 Å². The maximum atomic E-state index is 13.6. The Kier molecular flexibility index (Phi) is 8.42. The molecule has 2 aromatic rings. The van der Waals surface area contributed by atoms with E-state index >= 15 is 0 Å². The number of methoxy groups -OCH3 is 1. The van der Waals surface area contributed by atoms with Crippen LogP contribution >= 0.6 is 0 Å². The predicted molar refractivity (Wildman–Crippen MR) is 128 cm³/mol. The number of halogens is 3. The highest BCUT2D eigenvalue weighted by molar-refractivity contribution is 5.92. The Hall–Kier alpha value is -3.18. The lowest BCUT2D eigenvalue weighted by Gasteiger charge is -2.37. The largest absolute Gasteiger partial charge is 0.470 e. The van der Waals surface area contributed by atoms with Crippen molar-refractivity contribution in [3.05, 3.63) is 65.9 Å². The monoisotopic (exact) mass is 505 g/mol. The number of allylic oxidation sites excluding steroid dienone is 3. The van der Waals surface area contributed by atoms with Crippen LogP contribution in [0.1, 0.15) is 30.5 Å². The average molecular weight is 506 g/mol. The highest BCUT2D eigenvalue weighted by atomic mass is 19.4. The molecule has 4 rings (SSSR count). The molecule has 1 fully saturated rings. The van der Waals surface area contributed by atoms with Crippen molar-refractivity contribution in [1.29, 1.82) is 0 Å². The van der Waals surface area contributed by atoms with Crippen molar-refractivity contribution >= 4 is 11.7 Å². The number of ether oxygens (including phenoxy) is 1. The van der Waals surface area contributed by atoms with Crippen LogP contribution < -0.4 is 4.90 Å². The number of amides is 2. The van der Waals surface area contributed by atoms with Crippen molar-refractivity contribution in [2.24, 2.45) is 0 Å². The number of carbonyl (C=O) groups is 1. The van der Waals surface area contributed by atoms with Gasteiger partial charge < -0.3 is 14.1 Å². The number of carbonyl (C=O) groups excluding carboxylic acids is 1. The normalized spacial score (nSPS) is 19.2. The molecule has 2 aliphatic rings. The molecule has 1 saturated heterocycles. The third kappa shape index (κ3) is 6.52. The van der Waals surface area contributed by atoms with Gasteiger partial charge in [0.2, 0.25) is 5.89 Å². The van der Waals surface area contributed by atoms with Crippen molar-refractivity contribution in [3.63, 3.8) is 0 Å². The lowest BCUT2D eigenvalue weighted by Crippen LogP contribution is -2.53. The van der Waals surface area contributed by atoms with E-state index in [0.717, 1.165) is 30.9 Å². The molecule has 8 nitrogen and oxygen atoms in total. The molecule has 36 heavy (non-hydrogen) atoms. The summed E-state index contributed by atoms with van der Waals surface area (Å²) in [6, 6.07) is 9.43. The molecule has 2 heterocycles. The number of alkyl halides is 3. The molecule has 2 amide bonds. The van der Waals surface area contributed by atoms with Gasteiger partial charge in [0.05, 0.1) is 12.5 Å². The van der Waals surface area contributed by atoms with E-state index in [0.29, 0.717) is 39.1 Å². The van der Waals surface area contributed by atoms with Gasteiger partial charge in [-0.05, 0) is 25.0 Å².